The van der Waals surface area contributed by atoms with E-state index in [9.17, 15) is 13.6 Å². The Labute approximate surface area is 138 Å². The largest absolute Gasteiger partial charge is 0.493 e. The van der Waals surface area contributed by atoms with Gasteiger partial charge in [0.05, 0.1) is 13.2 Å². The van der Waals surface area contributed by atoms with Crippen LogP contribution in [0.15, 0.2) is 42.5 Å². The average molecular weight is 333 g/mol. The van der Waals surface area contributed by atoms with Gasteiger partial charge in [0.25, 0.3) is 5.91 Å². The summed E-state index contributed by atoms with van der Waals surface area (Å²) < 4.78 is 34.1. The first-order valence-corrected chi connectivity index (χ1v) is 7.60. The second kappa shape index (κ2) is 6.86. The Morgan fingerprint density at radius 1 is 1.21 bits per heavy atom. The predicted molar refractivity (Wildman–Crippen MR) is 84.6 cm³/mol. The van der Waals surface area contributed by atoms with Gasteiger partial charge in [0.1, 0.15) is 0 Å². The highest BCUT2D eigenvalue weighted by Gasteiger charge is 2.24. The van der Waals surface area contributed by atoms with Crippen LogP contribution in [0.5, 0.6) is 11.5 Å². The Hall–Kier alpha value is -2.63. The van der Waals surface area contributed by atoms with E-state index < -0.39 is 6.61 Å². The highest BCUT2D eigenvalue weighted by atomic mass is 19.3. The molecule has 0 aliphatic heterocycles. The van der Waals surface area contributed by atoms with Crippen LogP contribution in [0, 0.1) is 0 Å². The molecular formula is C18H17F2NO3. The number of aryl methyl sites for hydroxylation is 1. The summed E-state index contributed by atoms with van der Waals surface area (Å²) in [5.74, 6) is -0.288. The topological polar surface area (TPSA) is 47.6 Å². The number of halogens is 2. The lowest BCUT2D eigenvalue weighted by Crippen LogP contribution is -2.27. The molecule has 0 radical (unpaired) electrons. The fourth-order valence-electron chi connectivity index (χ4n) is 2.95. The number of nitrogens with one attached hydrogen (secondary N) is 1. The summed E-state index contributed by atoms with van der Waals surface area (Å²) in [6, 6.07) is 12.1. The molecule has 4 nitrogen and oxygen atoms in total. The van der Waals surface area contributed by atoms with Crippen molar-refractivity contribution in [1.29, 1.82) is 0 Å². The van der Waals surface area contributed by atoms with E-state index in [-0.39, 0.29) is 23.4 Å². The summed E-state index contributed by atoms with van der Waals surface area (Å²) in [7, 11) is 1.34. The van der Waals surface area contributed by atoms with Crippen LogP contribution in [-0.4, -0.2) is 19.6 Å². The zero-order valence-electron chi connectivity index (χ0n) is 13.1. The van der Waals surface area contributed by atoms with Gasteiger partial charge in [-0.2, -0.15) is 8.78 Å². The van der Waals surface area contributed by atoms with Gasteiger partial charge < -0.3 is 14.8 Å². The number of hydrogen-bond donors (Lipinski definition) is 1. The van der Waals surface area contributed by atoms with Gasteiger partial charge in [-0.05, 0) is 42.2 Å². The molecule has 3 rings (SSSR count). The number of amides is 1. The van der Waals surface area contributed by atoms with Gasteiger partial charge in [-0.15, -0.1) is 0 Å². The van der Waals surface area contributed by atoms with E-state index in [0.29, 0.717) is 5.56 Å². The molecule has 2 aromatic carbocycles. The van der Waals surface area contributed by atoms with Crippen molar-refractivity contribution in [2.24, 2.45) is 0 Å². The third-order valence-electron chi connectivity index (χ3n) is 4.08. The third kappa shape index (κ3) is 3.32. The Morgan fingerprint density at radius 3 is 2.75 bits per heavy atom. The molecule has 0 bridgehead atoms. The van der Waals surface area contributed by atoms with Crippen molar-refractivity contribution in [3.63, 3.8) is 0 Å². The lowest BCUT2D eigenvalue weighted by molar-refractivity contribution is -0.0512. The summed E-state index contributed by atoms with van der Waals surface area (Å²) in [6.45, 7) is -2.95. The summed E-state index contributed by atoms with van der Waals surface area (Å²) in [6.07, 6.45) is 1.76. The molecule has 24 heavy (non-hydrogen) atoms. The van der Waals surface area contributed by atoms with Gasteiger partial charge in [-0.3, -0.25) is 4.79 Å². The number of alkyl halides is 2. The Kier molecular flexibility index (Phi) is 4.64. The van der Waals surface area contributed by atoms with Gasteiger partial charge in [-0.1, -0.05) is 24.3 Å². The summed E-state index contributed by atoms with van der Waals surface area (Å²) >= 11 is 0. The van der Waals surface area contributed by atoms with Crippen LogP contribution < -0.4 is 14.8 Å². The second-order valence-electron chi connectivity index (χ2n) is 5.51. The maximum absolute atomic E-state index is 12.5. The second-order valence-corrected chi connectivity index (χ2v) is 5.51. The van der Waals surface area contributed by atoms with E-state index in [1.807, 2.05) is 18.2 Å². The minimum absolute atomic E-state index is 0.0447. The Balaban J connectivity index is 1.76. The van der Waals surface area contributed by atoms with Gasteiger partial charge in [-0.25, -0.2) is 0 Å². The number of ether oxygens (including phenoxy) is 2. The Bertz CT molecular complexity index is 749. The Morgan fingerprint density at radius 2 is 2.00 bits per heavy atom. The van der Waals surface area contributed by atoms with E-state index in [1.165, 1.54) is 30.9 Å². The number of carbonyl (C=O) groups excluding carboxylic acids is 1. The quantitative estimate of drug-likeness (QED) is 0.907. The smallest absolute Gasteiger partial charge is 0.387 e. The first-order chi connectivity index (χ1) is 11.6. The molecule has 1 N–H and O–H groups in total. The molecule has 6 heteroatoms. The summed E-state index contributed by atoms with van der Waals surface area (Å²) in [5.41, 5.74) is 2.69. The van der Waals surface area contributed by atoms with Crippen molar-refractivity contribution in [3.8, 4) is 11.5 Å². The fraction of sp³-hybridized carbons (Fsp3) is 0.278. The van der Waals surface area contributed by atoms with Crippen molar-refractivity contribution < 1.29 is 23.0 Å². The zero-order chi connectivity index (χ0) is 17.1. The number of hydrogen-bond acceptors (Lipinski definition) is 3. The molecule has 1 amide bonds. The monoisotopic (exact) mass is 333 g/mol. The minimum atomic E-state index is -2.95. The number of fused-ring (bicyclic) bond motifs is 1. The molecule has 1 aliphatic rings. The van der Waals surface area contributed by atoms with Crippen molar-refractivity contribution in [1.82, 2.24) is 5.32 Å². The van der Waals surface area contributed by atoms with Gasteiger partial charge >= 0.3 is 6.61 Å². The first-order valence-electron chi connectivity index (χ1n) is 7.60. The number of benzene rings is 2. The normalized spacial score (nSPS) is 15.9. The van der Waals surface area contributed by atoms with Crippen LogP contribution in [0.1, 0.15) is 33.9 Å². The van der Waals surface area contributed by atoms with Crippen molar-refractivity contribution in [3.05, 3.63) is 59.2 Å². The van der Waals surface area contributed by atoms with Gasteiger partial charge in [0.2, 0.25) is 0 Å². The van der Waals surface area contributed by atoms with E-state index in [1.54, 1.807) is 0 Å². The molecule has 0 spiro atoms. The van der Waals surface area contributed by atoms with Crippen LogP contribution in [0.25, 0.3) is 0 Å². The first kappa shape index (κ1) is 16.2. The average Bonchev–Trinajstić information content (AvgIpc) is 2.98. The molecule has 0 saturated carbocycles. The van der Waals surface area contributed by atoms with E-state index >= 15 is 0 Å². The maximum Gasteiger partial charge on any atom is 0.387 e. The summed E-state index contributed by atoms with van der Waals surface area (Å²) in [4.78, 5) is 12.5. The third-order valence-corrected chi connectivity index (χ3v) is 4.08. The number of rotatable bonds is 5. The highest BCUT2D eigenvalue weighted by Crippen LogP contribution is 2.32. The summed E-state index contributed by atoms with van der Waals surface area (Å²) in [5, 5.41) is 2.98. The minimum Gasteiger partial charge on any atom is -0.493 e. The van der Waals surface area contributed by atoms with E-state index in [2.05, 4.69) is 16.1 Å². The molecule has 126 valence electrons. The van der Waals surface area contributed by atoms with Crippen LogP contribution in [0.2, 0.25) is 0 Å². The van der Waals surface area contributed by atoms with Crippen molar-refractivity contribution in [2.45, 2.75) is 25.5 Å². The number of carbonyl (C=O) groups is 1. The van der Waals surface area contributed by atoms with E-state index in [0.717, 1.165) is 18.4 Å². The number of methoxy groups -OCH3 is 1. The van der Waals surface area contributed by atoms with E-state index in [4.69, 9.17) is 4.74 Å². The van der Waals surface area contributed by atoms with Crippen molar-refractivity contribution >= 4 is 5.91 Å². The maximum atomic E-state index is 12.5. The molecule has 1 atom stereocenters. The van der Waals surface area contributed by atoms with Crippen LogP contribution in [-0.2, 0) is 6.42 Å². The highest BCUT2D eigenvalue weighted by molar-refractivity contribution is 5.95. The molecule has 0 unspecified atom stereocenters. The van der Waals surface area contributed by atoms with Crippen molar-refractivity contribution in [2.75, 3.05) is 7.11 Å². The SMILES string of the molecule is COc1cc(C(=O)N[C@H]2CCc3ccccc32)ccc1OC(F)F. The molecule has 0 saturated heterocycles. The fourth-order valence-corrected chi connectivity index (χ4v) is 2.95. The molecule has 0 fully saturated rings. The molecule has 0 aromatic heterocycles. The van der Waals surface area contributed by atoms with Crippen LogP contribution >= 0.6 is 0 Å². The molecule has 1 aliphatic carbocycles. The van der Waals surface area contributed by atoms with Crippen LogP contribution in [0.3, 0.4) is 0 Å². The molecule has 2 aromatic rings. The molecular weight excluding hydrogens is 316 g/mol. The lowest BCUT2D eigenvalue weighted by Gasteiger charge is -2.15. The predicted octanol–water partition coefficient (Wildman–Crippen LogP) is 3.71. The van der Waals surface area contributed by atoms with Gasteiger partial charge in [0.15, 0.2) is 11.5 Å². The standard InChI is InChI=1S/C18H17F2NO3/c1-23-16-10-12(7-9-15(16)24-18(19)20)17(22)21-14-8-6-11-4-2-3-5-13(11)14/h2-5,7,9-10,14,18H,6,8H2,1H3,(H,21,22)/t14-/m0/s1. The van der Waals surface area contributed by atoms with Crippen LogP contribution in [0.4, 0.5) is 8.78 Å². The molecule has 0 heterocycles. The van der Waals surface area contributed by atoms with Gasteiger partial charge in [0, 0.05) is 5.56 Å². The zero-order valence-corrected chi connectivity index (χ0v) is 13.1. The lowest BCUT2D eigenvalue weighted by atomic mass is 10.1.